The van der Waals surface area contributed by atoms with Gasteiger partial charge in [0.2, 0.25) is 15.9 Å². The number of aromatic nitrogens is 3. The van der Waals surface area contributed by atoms with Crippen LogP contribution in [0.4, 0.5) is 0 Å². The third-order valence-corrected chi connectivity index (χ3v) is 1.18. The molecule has 0 bridgehead atoms. The molecule has 1 aromatic heterocycles. The highest BCUT2D eigenvalue weighted by molar-refractivity contribution is 6.33. The van der Waals surface area contributed by atoms with Gasteiger partial charge in [0.15, 0.2) is 0 Å². The summed E-state index contributed by atoms with van der Waals surface area (Å²) in [5.74, 6) is 2.21. The second-order valence-corrected chi connectivity index (χ2v) is 2.56. The molecule has 0 radical (unpaired) electrons. The summed E-state index contributed by atoms with van der Waals surface area (Å²) in [5.41, 5.74) is 4.79. The predicted molar refractivity (Wildman–Crippen MR) is 52.7 cm³/mol. The van der Waals surface area contributed by atoms with E-state index in [1.165, 1.54) is 0 Å². The highest BCUT2D eigenvalue weighted by Gasteiger charge is 1.97. The first-order chi connectivity index (χ1) is 6.10. The second-order valence-electron chi connectivity index (χ2n) is 1.55. The summed E-state index contributed by atoms with van der Waals surface area (Å²) in [6.45, 7) is 0.347. The Morgan fingerprint density at radius 1 is 1.08 bits per heavy atom. The number of nitrogens with zero attached hydrogens (tertiary/aromatic N) is 3. The molecule has 0 atom stereocenters. The molecule has 0 aromatic carbocycles. The van der Waals surface area contributed by atoms with E-state index in [0.717, 1.165) is 0 Å². The predicted octanol–water partition coefficient (Wildman–Crippen LogP) is 1.41. The fourth-order valence-electron chi connectivity index (χ4n) is 0.303. The van der Waals surface area contributed by atoms with E-state index in [1.54, 1.807) is 0 Å². The smallest absolute Gasteiger partial charge is 0.227 e. The molecule has 0 saturated heterocycles. The molecule has 1 rings (SSSR count). The first-order valence-electron chi connectivity index (χ1n) is 2.96. The van der Waals surface area contributed by atoms with E-state index < -0.39 is 0 Å². The SMILES string of the molecule is C#CCN.Clc1nc(Cl)nc(Cl)n1. The zero-order valence-electron chi connectivity index (χ0n) is 6.34. The van der Waals surface area contributed by atoms with Gasteiger partial charge in [0.1, 0.15) is 0 Å². The maximum Gasteiger partial charge on any atom is 0.227 e. The molecular formula is C6H5Cl3N4. The Kier molecular flexibility index (Phi) is 6.55. The van der Waals surface area contributed by atoms with Gasteiger partial charge >= 0.3 is 0 Å². The van der Waals surface area contributed by atoms with E-state index in [4.69, 9.17) is 40.5 Å². The highest BCUT2D eigenvalue weighted by atomic mass is 35.5. The van der Waals surface area contributed by atoms with Gasteiger partial charge in [-0.05, 0) is 34.8 Å². The minimum atomic E-state index is 0.000000000000000444. The maximum absolute atomic E-state index is 5.32. The van der Waals surface area contributed by atoms with Crippen LogP contribution in [0.5, 0.6) is 0 Å². The maximum atomic E-state index is 5.32. The van der Waals surface area contributed by atoms with Crippen molar-refractivity contribution in [2.75, 3.05) is 6.54 Å². The van der Waals surface area contributed by atoms with Crippen molar-refractivity contribution in [3.8, 4) is 12.3 Å². The van der Waals surface area contributed by atoms with Gasteiger partial charge in [-0.3, -0.25) is 0 Å². The van der Waals surface area contributed by atoms with Gasteiger partial charge in [-0.15, -0.1) is 6.42 Å². The zero-order chi connectivity index (χ0) is 10.3. The molecule has 13 heavy (non-hydrogen) atoms. The molecule has 7 heteroatoms. The molecule has 1 heterocycles. The summed E-state index contributed by atoms with van der Waals surface area (Å²) < 4.78 is 0. The number of halogens is 3. The molecule has 1 aromatic rings. The minimum absolute atomic E-state index is 0.000000000000000444. The first kappa shape index (κ1) is 12.4. The fraction of sp³-hybridized carbons (Fsp3) is 0.167. The Morgan fingerprint density at radius 2 is 1.31 bits per heavy atom. The van der Waals surface area contributed by atoms with Crippen molar-refractivity contribution in [1.82, 2.24) is 15.0 Å². The molecule has 2 N–H and O–H groups in total. The van der Waals surface area contributed by atoms with Crippen LogP contribution in [0.15, 0.2) is 0 Å². The largest absolute Gasteiger partial charge is 0.320 e. The minimum Gasteiger partial charge on any atom is -0.320 e. The molecule has 4 nitrogen and oxygen atoms in total. The van der Waals surface area contributed by atoms with Gasteiger partial charge in [0, 0.05) is 0 Å². The Balaban J connectivity index is 0.000000310. The molecular weight excluding hydrogens is 234 g/mol. The Bertz CT molecular complexity index is 259. The van der Waals surface area contributed by atoms with Crippen LogP contribution in [0.25, 0.3) is 0 Å². The van der Waals surface area contributed by atoms with Crippen LogP contribution in [0.3, 0.4) is 0 Å². The Morgan fingerprint density at radius 3 is 1.46 bits per heavy atom. The van der Waals surface area contributed by atoms with E-state index in [2.05, 4.69) is 27.3 Å². The van der Waals surface area contributed by atoms with E-state index in [0.29, 0.717) is 6.54 Å². The molecule has 0 unspecified atom stereocenters. The summed E-state index contributed by atoms with van der Waals surface area (Å²) in [5, 5.41) is 0.00000000000000178. The van der Waals surface area contributed by atoms with Crippen molar-refractivity contribution < 1.29 is 0 Å². The van der Waals surface area contributed by atoms with Crippen molar-refractivity contribution in [2.45, 2.75) is 0 Å². The van der Waals surface area contributed by atoms with Gasteiger partial charge in [-0.2, -0.15) is 15.0 Å². The molecule has 0 aliphatic heterocycles. The molecule has 0 amide bonds. The van der Waals surface area contributed by atoms with Gasteiger partial charge in [0.05, 0.1) is 6.54 Å². The van der Waals surface area contributed by atoms with Crippen LogP contribution in [-0.4, -0.2) is 21.5 Å². The van der Waals surface area contributed by atoms with Gasteiger partial charge < -0.3 is 5.73 Å². The number of nitrogens with two attached hydrogens (primary N) is 1. The lowest BCUT2D eigenvalue weighted by Gasteiger charge is -1.88. The average molecular weight is 239 g/mol. The quantitative estimate of drug-likeness (QED) is 0.695. The van der Waals surface area contributed by atoms with Gasteiger partial charge in [0.25, 0.3) is 0 Å². The number of hydrogen-bond donors (Lipinski definition) is 1. The van der Waals surface area contributed by atoms with E-state index in [1.807, 2.05) is 0 Å². The normalized spacial score (nSPS) is 8.23. The lowest BCUT2D eigenvalue weighted by molar-refractivity contribution is 1.05. The van der Waals surface area contributed by atoms with Crippen LogP contribution < -0.4 is 5.73 Å². The molecule has 0 aliphatic carbocycles. The zero-order valence-corrected chi connectivity index (χ0v) is 8.61. The van der Waals surface area contributed by atoms with Crippen LogP contribution in [0, 0.1) is 12.3 Å². The fourth-order valence-corrected chi connectivity index (χ4v) is 0.913. The van der Waals surface area contributed by atoms with Crippen LogP contribution in [-0.2, 0) is 0 Å². The van der Waals surface area contributed by atoms with Gasteiger partial charge in [-0.1, -0.05) is 5.92 Å². The molecule has 70 valence electrons. The van der Waals surface area contributed by atoms with E-state index in [-0.39, 0.29) is 15.9 Å². The number of rotatable bonds is 0. The van der Waals surface area contributed by atoms with Gasteiger partial charge in [-0.25, -0.2) is 0 Å². The molecule has 0 fully saturated rings. The van der Waals surface area contributed by atoms with Crippen molar-refractivity contribution in [1.29, 1.82) is 0 Å². The second kappa shape index (κ2) is 6.87. The summed E-state index contributed by atoms with van der Waals surface area (Å²) in [7, 11) is 0. The topological polar surface area (TPSA) is 64.7 Å². The highest BCUT2D eigenvalue weighted by Crippen LogP contribution is 2.08. The van der Waals surface area contributed by atoms with Crippen molar-refractivity contribution >= 4 is 34.8 Å². The average Bonchev–Trinajstić information content (AvgIpc) is 2.02. The number of hydrogen-bond acceptors (Lipinski definition) is 4. The third-order valence-electron chi connectivity index (χ3n) is 0.671. The summed E-state index contributed by atoms with van der Waals surface area (Å²) in [4.78, 5) is 10.4. The number of terminal acetylenes is 1. The molecule has 0 saturated carbocycles. The van der Waals surface area contributed by atoms with Crippen LogP contribution in [0.2, 0.25) is 15.9 Å². The lowest BCUT2D eigenvalue weighted by atomic mass is 10.7. The summed E-state index contributed by atoms with van der Waals surface area (Å²) in [6, 6.07) is 0. The van der Waals surface area contributed by atoms with Crippen molar-refractivity contribution in [2.24, 2.45) is 5.73 Å². The lowest BCUT2D eigenvalue weighted by Crippen LogP contribution is -1.91. The van der Waals surface area contributed by atoms with Crippen molar-refractivity contribution in [3.05, 3.63) is 15.9 Å². The van der Waals surface area contributed by atoms with E-state index >= 15 is 0 Å². The van der Waals surface area contributed by atoms with E-state index in [9.17, 15) is 0 Å². The molecule has 0 aliphatic rings. The third kappa shape index (κ3) is 6.55. The standard InChI is InChI=1S/C3Cl3N3.C3H5N/c4-1-7-2(5)9-3(6)8-1;1-2-3-4/h;1H,3-4H2. The molecule has 0 spiro atoms. The monoisotopic (exact) mass is 238 g/mol. The van der Waals surface area contributed by atoms with Crippen molar-refractivity contribution in [3.63, 3.8) is 0 Å². The summed E-state index contributed by atoms with van der Waals surface area (Å²) in [6.07, 6.45) is 4.65. The first-order valence-corrected chi connectivity index (χ1v) is 4.09. The Hall–Kier alpha value is -0.600. The van der Waals surface area contributed by atoms with Crippen LogP contribution >= 0.6 is 34.8 Å². The Labute approximate surface area is 90.4 Å². The summed E-state index contributed by atoms with van der Waals surface area (Å²) >= 11 is 16.0. The van der Waals surface area contributed by atoms with Crippen LogP contribution in [0.1, 0.15) is 0 Å².